The van der Waals surface area contributed by atoms with Crippen molar-refractivity contribution in [3.05, 3.63) is 30.5 Å². The van der Waals surface area contributed by atoms with Crippen LogP contribution in [0, 0.1) is 0 Å². The van der Waals surface area contributed by atoms with E-state index in [2.05, 4.69) is 4.98 Å². The summed E-state index contributed by atoms with van der Waals surface area (Å²) < 4.78 is 5.15. The van der Waals surface area contributed by atoms with Gasteiger partial charge >= 0.3 is 35.5 Å². The van der Waals surface area contributed by atoms with Crippen LogP contribution in [-0.4, -0.2) is 11.0 Å². The Balaban J connectivity index is 0.00000112. The number of hydrogen-bond donors (Lipinski definition) is 1. The molecule has 0 atom stereocenters. The Hall–Kier alpha value is -0.770. The summed E-state index contributed by atoms with van der Waals surface area (Å²) in [6.45, 7) is 1.77. The molecule has 4 heteroatoms. The summed E-state index contributed by atoms with van der Waals surface area (Å²) in [7, 11) is 0. The number of rotatable bonds is 2. The minimum atomic E-state index is -0.213. The van der Waals surface area contributed by atoms with Crippen molar-refractivity contribution in [2.45, 2.75) is 13.3 Å². The number of fused-ring (bicyclic) bond motifs is 1. The van der Waals surface area contributed by atoms with Crippen LogP contribution in [0.25, 0.3) is 10.9 Å². The fraction of sp³-hybridized carbons (Fsp3) is 0.182. The SMILES string of the molecule is CCC(=O)Oc1c[nH]c2ccccc12.[H-].[Na+]. The number of esters is 1. The van der Waals surface area contributed by atoms with E-state index in [9.17, 15) is 4.79 Å². The fourth-order valence-corrected chi connectivity index (χ4v) is 1.32. The number of benzene rings is 1. The topological polar surface area (TPSA) is 42.1 Å². The number of nitrogens with one attached hydrogen (secondary N) is 1. The number of aromatic amines is 1. The van der Waals surface area contributed by atoms with Crippen molar-refractivity contribution in [1.82, 2.24) is 4.98 Å². The first-order chi connectivity index (χ1) is 6.81. The smallest absolute Gasteiger partial charge is 1.00 e. The molecule has 0 fully saturated rings. The van der Waals surface area contributed by atoms with Crippen molar-refractivity contribution < 1.29 is 40.5 Å². The van der Waals surface area contributed by atoms with Crippen LogP contribution in [0.15, 0.2) is 30.5 Å². The van der Waals surface area contributed by atoms with Crippen molar-refractivity contribution >= 4 is 16.9 Å². The molecule has 2 aromatic rings. The summed E-state index contributed by atoms with van der Waals surface area (Å²) in [5.74, 6) is 0.391. The Bertz CT molecular complexity index is 470. The Morgan fingerprint density at radius 3 is 2.93 bits per heavy atom. The summed E-state index contributed by atoms with van der Waals surface area (Å²) in [6, 6.07) is 7.71. The molecule has 0 amide bonds. The van der Waals surface area contributed by atoms with Crippen molar-refractivity contribution in [3.63, 3.8) is 0 Å². The number of aromatic nitrogens is 1. The van der Waals surface area contributed by atoms with E-state index in [0.717, 1.165) is 10.9 Å². The Kier molecular flexibility index (Phi) is 4.39. The third-order valence-electron chi connectivity index (χ3n) is 2.06. The zero-order valence-electron chi connectivity index (χ0n) is 9.91. The van der Waals surface area contributed by atoms with E-state index in [1.165, 1.54) is 0 Å². The van der Waals surface area contributed by atoms with Gasteiger partial charge < -0.3 is 11.1 Å². The van der Waals surface area contributed by atoms with Crippen molar-refractivity contribution in [3.8, 4) is 5.75 Å². The molecule has 15 heavy (non-hydrogen) atoms. The van der Waals surface area contributed by atoms with Crippen LogP contribution < -0.4 is 34.3 Å². The molecular weight excluding hydrogens is 201 g/mol. The number of H-pyrrole nitrogens is 1. The second-order valence-corrected chi connectivity index (χ2v) is 3.03. The predicted octanol–water partition coefficient (Wildman–Crippen LogP) is -0.400. The molecule has 0 aliphatic heterocycles. The maximum Gasteiger partial charge on any atom is 1.00 e. The molecule has 0 radical (unpaired) electrons. The van der Waals surface area contributed by atoms with Crippen LogP contribution in [0.1, 0.15) is 14.8 Å². The molecule has 0 aliphatic rings. The van der Waals surface area contributed by atoms with E-state index in [1.54, 1.807) is 13.1 Å². The van der Waals surface area contributed by atoms with Gasteiger partial charge in [-0.05, 0) is 12.1 Å². The van der Waals surface area contributed by atoms with Gasteiger partial charge in [-0.2, -0.15) is 0 Å². The molecule has 0 spiro atoms. The van der Waals surface area contributed by atoms with Gasteiger partial charge in [0.25, 0.3) is 0 Å². The van der Waals surface area contributed by atoms with Crippen LogP contribution in [0.5, 0.6) is 5.75 Å². The van der Waals surface area contributed by atoms with Crippen LogP contribution in [-0.2, 0) is 4.79 Å². The van der Waals surface area contributed by atoms with Crippen molar-refractivity contribution in [2.24, 2.45) is 0 Å². The molecule has 1 aromatic heterocycles. The summed E-state index contributed by atoms with van der Waals surface area (Å²) in [6.07, 6.45) is 2.09. The first kappa shape index (κ1) is 12.3. The minimum Gasteiger partial charge on any atom is -1.00 e. The quantitative estimate of drug-likeness (QED) is 0.545. The third-order valence-corrected chi connectivity index (χ3v) is 2.06. The number of para-hydroxylation sites is 1. The van der Waals surface area contributed by atoms with Crippen LogP contribution in [0.3, 0.4) is 0 Å². The van der Waals surface area contributed by atoms with E-state index in [4.69, 9.17) is 4.74 Å². The van der Waals surface area contributed by atoms with Crippen LogP contribution >= 0.6 is 0 Å². The number of hydrogen-bond acceptors (Lipinski definition) is 2. The van der Waals surface area contributed by atoms with E-state index < -0.39 is 0 Å². The molecule has 1 heterocycles. The average molecular weight is 213 g/mol. The average Bonchev–Trinajstić information content (AvgIpc) is 2.62. The van der Waals surface area contributed by atoms with Gasteiger partial charge in [0.15, 0.2) is 5.75 Å². The third kappa shape index (κ3) is 2.62. The second kappa shape index (κ2) is 5.35. The van der Waals surface area contributed by atoms with Gasteiger partial charge in [-0.1, -0.05) is 19.1 Å². The zero-order valence-corrected chi connectivity index (χ0v) is 10.9. The first-order valence-electron chi connectivity index (χ1n) is 4.58. The maximum atomic E-state index is 11.1. The van der Waals surface area contributed by atoms with Gasteiger partial charge in [0.05, 0.1) is 0 Å². The van der Waals surface area contributed by atoms with Gasteiger partial charge in [0.1, 0.15) is 0 Å². The van der Waals surface area contributed by atoms with E-state index >= 15 is 0 Å². The molecule has 1 aromatic carbocycles. The van der Waals surface area contributed by atoms with Crippen LogP contribution in [0.2, 0.25) is 0 Å². The van der Waals surface area contributed by atoms with Crippen molar-refractivity contribution in [1.29, 1.82) is 0 Å². The normalized spacial score (nSPS) is 9.67. The van der Waals surface area contributed by atoms with Crippen LogP contribution in [0.4, 0.5) is 0 Å². The standard InChI is InChI=1S/C11H11NO2.Na.H/c1-2-11(13)14-10-7-12-9-6-4-3-5-8(9)10;;/h3-7,12H,2H2,1H3;;/q;+1;-1. The minimum absolute atomic E-state index is 0. The summed E-state index contributed by atoms with van der Waals surface area (Å²) in [4.78, 5) is 14.1. The fourth-order valence-electron chi connectivity index (χ4n) is 1.32. The zero-order chi connectivity index (χ0) is 9.97. The van der Waals surface area contributed by atoms with Gasteiger partial charge in [-0.25, -0.2) is 0 Å². The molecule has 0 bridgehead atoms. The van der Waals surface area contributed by atoms with E-state index in [1.807, 2.05) is 24.3 Å². The first-order valence-corrected chi connectivity index (χ1v) is 4.58. The molecule has 3 nitrogen and oxygen atoms in total. The Labute approximate surface area is 112 Å². The largest absolute Gasteiger partial charge is 1.00 e. The maximum absolute atomic E-state index is 11.1. The molecule has 0 unspecified atom stereocenters. The second-order valence-electron chi connectivity index (χ2n) is 3.03. The van der Waals surface area contributed by atoms with Gasteiger partial charge in [0, 0.05) is 23.5 Å². The molecule has 0 saturated heterocycles. The van der Waals surface area contributed by atoms with Gasteiger partial charge in [-0.15, -0.1) is 0 Å². The molecule has 0 aliphatic carbocycles. The number of ether oxygens (including phenoxy) is 1. The van der Waals surface area contributed by atoms with E-state index in [-0.39, 0.29) is 37.0 Å². The van der Waals surface area contributed by atoms with Gasteiger partial charge in [0.2, 0.25) is 0 Å². The van der Waals surface area contributed by atoms with Crippen molar-refractivity contribution in [2.75, 3.05) is 0 Å². The molecule has 74 valence electrons. The summed E-state index contributed by atoms with van der Waals surface area (Å²) in [5.41, 5.74) is 0.978. The van der Waals surface area contributed by atoms with Gasteiger partial charge in [-0.3, -0.25) is 4.79 Å². The number of carbonyl (C=O) groups is 1. The molecule has 0 saturated carbocycles. The molecule has 1 N–H and O–H groups in total. The monoisotopic (exact) mass is 213 g/mol. The predicted molar refractivity (Wildman–Crippen MR) is 55.3 cm³/mol. The summed E-state index contributed by atoms with van der Waals surface area (Å²) >= 11 is 0. The Morgan fingerprint density at radius 1 is 1.47 bits per heavy atom. The molecular formula is C11H12NNaO2. The number of carbonyl (C=O) groups excluding carboxylic acids is 1. The Morgan fingerprint density at radius 2 is 2.20 bits per heavy atom. The summed E-state index contributed by atoms with van der Waals surface area (Å²) in [5, 5.41) is 0.939. The van der Waals surface area contributed by atoms with E-state index in [0.29, 0.717) is 12.2 Å². The molecule has 2 rings (SSSR count).